The third-order valence-electron chi connectivity index (χ3n) is 11.8. The maximum Gasteiger partial charge on any atom is 0.0714 e. The molecule has 0 atom stereocenters. The lowest BCUT2D eigenvalue weighted by atomic mass is 9.67. The summed E-state index contributed by atoms with van der Waals surface area (Å²) in [5.41, 5.74) is 18.4. The summed E-state index contributed by atoms with van der Waals surface area (Å²) < 4.78 is 0. The molecule has 0 radical (unpaired) electrons. The predicted molar refractivity (Wildman–Crippen MR) is 221 cm³/mol. The monoisotopic (exact) mass is 677 g/mol. The Hall–Kier alpha value is -6.44. The number of fused-ring (bicyclic) bond motifs is 6. The third kappa shape index (κ3) is 4.70. The van der Waals surface area contributed by atoms with Crippen LogP contribution in [-0.2, 0) is 10.8 Å². The second-order valence-corrected chi connectivity index (χ2v) is 14.9. The molecule has 0 N–H and O–H groups in total. The molecule has 0 bridgehead atoms. The quantitative estimate of drug-likeness (QED) is 0.169. The summed E-state index contributed by atoms with van der Waals surface area (Å²) >= 11 is 0. The average Bonchev–Trinajstić information content (AvgIpc) is 3.65. The molecule has 252 valence electrons. The van der Waals surface area contributed by atoms with Crippen LogP contribution in [0.4, 0.5) is 17.1 Å². The van der Waals surface area contributed by atoms with Gasteiger partial charge in [0, 0.05) is 22.5 Å². The highest BCUT2D eigenvalue weighted by atomic mass is 15.1. The molecule has 0 spiro atoms. The summed E-state index contributed by atoms with van der Waals surface area (Å²) in [5.74, 6) is 0. The van der Waals surface area contributed by atoms with Gasteiger partial charge in [0.25, 0.3) is 0 Å². The van der Waals surface area contributed by atoms with Crippen molar-refractivity contribution >= 4 is 17.1 Å². The van der Waals surface area contributed by atoms with E-state index in [-0.39, 0.29) is 5.41 Å². The molecule has 0 saturated heterocycles. The van der Waals surface area contributed by atoms with E-state index in [1.165, 1.54) is 66.8 Å². The van der Waals surface area contributed by atoms with Crippen molar-refractivity contribution in [2.24, 2.45) is 0 Å². The highest BCUT2D eigenvalue weighted by molar-refractivity contribution is 5.91. The Morgan fingerprint density at radius 2 is 0.736 bits per heavy atom. The molecule has 10 rings (SSSR count). The molecule has 0 saturated carbocycles. The number of hydrogen-bond donors (Lipinski definition) is 0. The minimum absolute atomic E-state index is 0.111. The van der Waals surface area contributed by atoms with Crippen LogP contribution in [0.1, 0.15) is 47.2 Å². The SMILES string of the molecule is CC1(C)c2ccccc2-c2ccc(N(c3ccc(-c4ccccc4)cc3)c3ccc4c(c3)C(c3ccccc3)(c3ccccc3)c3ccccc3-4)cc21. The number of hydrogen-bond acceptors (Lipinski definition) is 1. The summed E-state index contributed by atoms with van der Waals surface area (Å²) in [6.45, 7) is 4.72. The Balaban J connectivity index is 1.21. The zero-order valence-electron chi connectivity index (χ0n) is 30.0. The second-order valence-electron chi connectivity index (χ2n) is 14.9. The van der Waals surface area contributed by atoms with Crippen LogP contribution in [0.25, 0.3) is 33.4 Å². The lowest BCUT2D eigenvalue weighted by Crippen LogP contribution is -2.28. The van der Waals surface area contributed by atoms with Gasteiger partial charge in [-0.25, -0.2) is 0 Å². The molecule has 8 aromatic rings. The second kappa shape index (κ2) is 12.1. The zero-order valence-corrected chi connectivity index (χ0v) is 30.0. The number of anilines is 3. The molecular weight excluding hydrogens is 639 g/mol. The van der Waals surface area contributed by atoms with Crippen LogP contribution < -0.4 is 4.90 Å². The van der Waals surface area contributed by atoms with Gasteiger partial charge in [-0.1, -0.05) is 178 Å². The van der Waals surface area contributed by atoms with Crippen molar-refractivity contribution in [3.05, 3.63) is 234 Å². The molecule has 0 amide bonds. The lowest BCUT2D eigenvalue weighted by Gasteiger charge is -2.35. The fourth-order valence-corrected chi connectivity index (χ4v) is 9.28. The molecule has 53 heavy (non-hydrogen) atoms. The van der Waals surface area contributed by atoms with E-state index >= 15 is 0 Å². The van der Waals surface area contributed by atoms with E-state index in [2.05, 4.69) is 219 Å². The van der Waals surface area contributed by atoms with Gasteiger partial charge in [-0.2, -0.15) is 0 Å². The molecule has 8 aromatic carbocycles. The summed E-state index contributed by atoms with van der Waals surface area (Å²) in [5, 5.41) is 0. The van der Waals surface area contributed by atoms with E-state index < -0.39 is 5.41 Å². The fraction of sp³-hybridized carbons (Fsp3) is 0.0769. The van der Waals surface area contributed by atoms with Crippen LogP contribution in [0.5, 0.6) is 0 Å². The van der Waals surface area contributed by atoms with Crippen molar-refractivity contribution in [3.63, 3.8) is 0 Å². The summed E-state index contributed by atoms with van der Waals surface area (Å²) in [4.78, 5) is 2.46. The summed E-state index contributed by atoms with van der Waals surface area (Å²) in [6, 6.07) is 73.9. The number of rotatable bonds is 6. The van der Waals surface area contributed by atoms with Crippen LogP contribution in [-0.4, -0.2) is 0 Å². The van der Waals surface area contributed by atoms with Crippen molar-refractivity contribution < 1.29 is 0 Å². The third-order valence-corrected chi connectivity index (χ3v) is 11.8. The van der Waals surface area contributed by atoms with Gasteiger partial charge in [0.1, 0.15) is 0 Å². The van der Waals surface area contributed by atoms with E-state index in [1.54, 1.807) is 0 Å². The van der Waals surface area contributed by atoms with Crippen molar-refractivity contribution in [3.8, 4) is 33.4 Å². The van der Waals surface area contributed by atoms with E-state index in [0.717, 1.165) is 17.1 Å². The Morgan fingerprint density at radius 1 is 0.321 bits per heavy atom. The van der Waals surface area contributed by atoms with Crippen molar-refractivity contribution in [1.29, 1.82) is 0 Å². The van der Waals surface area contributed by atoms with Crippen LogP contribution in [0, 0.1) is 0 Å². The molecule has 1 nitrogen and oxygen atoms in total. The minimum atomic E-state index is -0.477. The maximum absolute atomic E-state index is 2.47. The molecule has 0 unspecified atom stereocenters. The average molecular weight is 678 g/mol. The van der Waals surface area contributed by atoms with E-state index in [0.29, 0.717) is 0 Å². The number of nitrogens with zero attached hydrogens (tertiary/aromatic N) is 1. The molecular formula is C52H39N. The van der Waals surface area contributed by atoms with Gasteiger partial charge in [0.2, 0.25) is 0 Å². The Labute approximate surface area is 312 Å². The van der Waals surface area contributed by atoms with Crippen LogP contribution in [0.15, 0.2) is 200 Å². The van der Waals surface area contributed by atoms with Gasteiger partial charge in [-0.05, 0) is 103 Å². The van der Waals surface area contributed by atoms with Gasteiger partial charge in [0.05, 0.1) is 5.41 Å². The van der Waals surface area contributed by atoms with E-state index in [4.69, 9.17) is 0 Å². The van der Waals surface area contributed by atoms with Crippen LogP contribution >= 0.6 is 0 Å². The van der Waals surface area contributed by atoms with Gasteiger partial charge < -0.3 is 4.90 Å². The zero-order chi connectivity index (χ0) is 35.6. The first-order chi connectivity index (χ1) is 26.0. The lowest BCUT2D eigenvalue weighted by molar-refractivity contribution is 0.660. The van der Waals surface area contributed by atoms with Gasteiger partial charge in [-0.15, -0.1) is 0 Å². The van der Waals surface area contributed by atoms with Gasteiger partial charge >= 0.3 is 0 Å². The van der Waals surface area contributed by atoms with Gasteiger partial charge in [0.15, 0.2) is 0 Å². The smallest absolute Gasteiger partial charge is 0.0714 e. The van der Waals surface area contributed by atoms with E-state index in [9.17, 15) is 0 Å². The Bertz CT molecular complexity index is 2580. The van der Waals surface area contributed by atoms with Gasteiger partial charge in [-0.3, -0.25) is 0 Å². The number of benzene rings is 8. The van der Waals surface area contributed by atoms with Crippen LogP contribution in [0.2, 0.25) is 0 Å². The Kier molecular flexibility index (Phi) is 7.13. The first kappa shape index (κ1) is 31.3. The molecule has 0 fully saturated rings. The summed E-state index contributed by atoms with van der Waals surface area (Å²) in [6.07, 6.45) is 0. The molecule has 1 heteroatoms. The Morgan fingerprint density at radius 3 is 1.34 bits per heavy atom. The minimum Gasteiger partial charge on any atom is -0.310 e. The van der Waals surface area contributed by atoms with Crippen molar-refractivity contribution in [1.82, 2.24) is 0 Å². The van der Waals surface area contributed by atoms with Crippen molar-refractivity contribution in [2.45, 2.75) is 24.7 Å². The topological polar surface area (TPSA) is 3.24 Å². The molecule has 0 aromatic heterocycles. The highest BCUT2D eigenvalue weighted by Gasteiger charge is 2.46. The molecule has 2 aliphatic carbocycles. The summed E-state index contributed by atoms with van der Waals surface area (Å²) in [7, 11) is 0. The molecule has 2 aliphatic rings. The van der Waals surface area contributed by atoms with E-state index in [1.807, 2.05) is 0 Å². The first-order valence-corrected chi connectivity index (χ1v) is 18.6. The standard InChI is InChI=1S/C52H39N/c1-51(2)47-24-14-12-22-43(47)45-32-30-41(34-49(45)51)53(40-28-26-37(27-29-40)36-16-6-3-7-17-36)42-31-33-46-44-23-13-15-25-48(44)52(50(46)35-42,38-18-8-4-9-19-38)39-20-10-5-11-21-39/h3-35H,1-2H3. The highest BCUT2D eigenvalue weighted by Crippen LogP contribution is 2.57. The predicted octanol–water partition coefficient (Wildman–Crippen LogP) is 13.5. The maximum atomic E-state index is 2.47. The van der Waals surface area contributed by atoms with Crippen molar-refractivity contribution in [2.75, 3.05) is 4.90 Å². The fourth-order valence-electron chi connectivity index (χ4n) is 9.28. The van der Waals surface area contributed by atoms with Crippen LogP contribution in [0.3, 0.4) is 0 Å². The largest absolute Gasteiger partial charge is 0.310 e. The molecule has 0 aliphatic heterocycles. The normalized spacial score (nSPS) is 14.2. The molecule has 0 heterocycles. The first-order valence-electron chi connectivity index (χ1n) is 18.6.